The first kappa shape index (κ1) is 34.3. The number of halogens is 1. The van der Waals surface area contributed by atoms with Gasteiger partial charge in [0.25, 0.3) is 5.91 Å². The molecule has 2 aromatic heterocycles. The molecule has 0 saturated heterocycles. The van der Waals surface area contributed by atoms with Crippen molar-refractivity contribution in [1.82, 2.24) is 10.2 Å². The Labute approximate surface area is 296 Å². The highest BCUT2D eigenvalue weighted by molar-refractivity contribution is 8.00. The Morgan fingerprint density at radius 3 is 2.63 bits per heavy atom. The average Bonchev–Trinajstić information content (AvgIpc) is 3.81. The zero-order chi connectivity index (χ0) is 34.7. The topological polar surface area (TPSA) is 124 Å². The smallest absolute Gasteiger partial charge is 0.296 e. The van der Waals surface area contributed by atoms with Crippen LogP contribution in [0, 0.1) is 5.92 Å². The van der Waals surface area contributed by atoms with Gasteiger partial charge in [0.05, 0.1) is 31.9 Å². The second-order valence-corrected chi connectivity index (χ2v) is 14.1. The van der Waals surface area contributed by atoms with Gasteiger partial charge >= 0.3 is 0 Å². The van der Waals surface area contributed by atoms with Crippen molar-refractivity contribution in [2.45, 2.75) is 43.3 Å². The first-order valence-corrected chi connectivity index (χ1v) is 17.8. The largest absolute Gasteiger partial charge is 0.503 e. The van der Waals surface area contributed by atoms with Crippen molar-refractivity contribution in [2.75, 3.05) is 25.2 Å². The Morgan fingerprint density at radius 2 is 1.88 bits per heavy atom. The molecule has 1 atom stereocenters. The zero-order valence-corrected chi connectivity index (χ0v) is 29.7. The number of benzene rings is 3. The van der Waals surface area contributed by atoms with Gasteiger partial charge in [-0.05, 0) is 60.7 Å². The van der Waals surface area contributed by atoms with Crippen LogP contribution in [0.4, 0.5) is 5.13 Å². The Morgan fingerprint density at radius 1 is 1.06 bits per heavy atom. The van der Waals surface area contributed by atoms with Crippen LogP contribution in [-0.2, 0) is 10.5 Å². The molecule has 0 bridgehead atoms. The molecule has 0 aliphatic carbocycles. The number of para-hydroxylation sites is 1. The van der Waals surface area contributed by atoms with Gasteiger partial charge in [-0.25, -0.2) is 0 Å². The summed E-state index contributed by atoms with van der Waals surface area (Å²) in [4.78, 5) is 29.5. The van der Waals surface area contributed by atoms with Crippen LogP contribution in [0.1, 0.15) is 54.9 Å². The maximum atomic E-state index is 14.3. The number of rotatable bonds is 14. The van der Waals surface area contributed by atoms with Gasteiger partial charge in [-0.3, -0.25) is 14.5 Å². The highest BCUT2D eigenvalue weighted by Crippen LogP contribution is 2.46. The molecular formula is C36H34ClN3O7S2. The van der Waals surface area contributed by atoms with Crippen molar-refractivity contribution in [1.29, 1.82) is 0 Å². The molecule has 1 aliphatic rings. The number of aliphatic hydroxyl groups excluding tert-OH is 1. The maximum absolute atomic E-state index is 14.3. The van der Waals surface area contributed by atoms with Gasteiger partial charge < -0.3 is 23.7 Å². The second kappa shape index (κ2) is 14.9. The van der Waals surface area contributed by atoms with Crippen LogP contribution in [-0.4, -0.2) is 47.3 Å². The third-order valence-electron chi connectivity index (χ3n) is 7.85. The summed E-state index contributed by atoms with van der Waals surface area (Å²) in [5, 5.41) is 21.5. The van der Waals surface area contributed by atoms with Crippen molar-refractivity contribution >= 4 is 62.5 Å². The number of Topliss-reactive ketones (excluding diaryl/α,β-unsaturated/α-hetero) is 1. The van der Waals surface area contributed by atoms with E-state index in [9.17, 15) is 14.7 Å². The summed E-state index contributed by atoms with van der Waals surface area (Å²) >= 11 is 8.93. The highest BCUT2D eigenvalue weighted by Gasteiger charge is 2.47. The maximum Gasteiger partial charge on any atom is 0.296 e. The average molecular weight is 720 g/mol. The van der Waals surface area contributed by atoms with Crippen molar-refractivity contribution in [3.63, 3.8) is 0 Å². The van der Waals surface area contributed by atoms with Gasteiger partial charge in [-0.15, -0.1) is 10.2 Å². The minimum Gasteiger partial charge on any atom is -0.503 e. The third kappa shape index (κ3) is 7.12. The van der Waals surface area contributed by atoms with Crippen molar-refractivity contribution in [3.05, 3.63) is 100.0 Å². The molecule has 0 spiro atoms. The SMILES string of the molecule is CCOc1cc(C2C(C(=O)c3cc4cccc(OC)c4o3)=C(O)C(=O)N2c2nnc(SCc3ccccc3Cl)s2)ccc1OCCC(C)C. The minimum absolute atomic E-state index is 0.0624. The lowest BCUT2D eigenvalue weighted by atomic mass is 9.95. The quantitative estimate of drug-likeness (QED) is 0.0676. The molecule has 0 fully saturated rings. The molecule has 254 valence electrons. The lowest BCUT2D eigenvalue weighted by molar-refractivity contribution is -0.117. The van der Waals surface area contributed by atoms with E-state index < -0.39 is 23.5 Å². The molecule has 1 aliphatic heterocycles. The molecule has 13 heteroatoms. The molecule has 5 aromatic rings. The molecule has 1 N–H and O–H groups in total. The molecule has 1 unspecified atom stereocenters. The number of thioether (sulfide) groups is 1. The fourth-order valence-corrected chi connectivity index (χ4v) is 7.54. The van der Waals surface area contributed by atoms with Gasteiger partial charge in [0, 0.05) is 16.2 Å². The number of anilines is 1. The first-order chi connectivity index (χ1) is 23.7. The summed E-state index contributed by atoms with van der Waals surface area (Å²) in [5.41, 5.74) is 1.63. The molecule has 3 heterocycles. The number of ketones is 1. The summed E-state index contributed by atoms with van der Waals surface area (Å²) in [7, 11) is 1.51. The van der Waals surface area contributed by atoms with Crippen LogP contribution < -0.4 is 19.1 Å². The van der Waals surface area contributed by atoms with E-state index in [2.05, 4.69) is 24.0 Å². The van der Waals surface area contributed by atoms with E-state index in [-0.39, 0.29) is 16.5 Å². The molecule has 10 nitrogen and oxygen atoms in total. The fraction of sp³-hybridized carbons (Fsp3) is 0.278. The van der Waals surface area contributed by atoms with Gasteiger partial charge in [-0.1, -0.05) is 84.9 Å². The van der Waals surface area contributed by atoms with Crippen LogP contribution in [0.25, 0.3) is 11.0 Å². The second-order valence-electron chi connectivity index (χ2n) is 11.6. The normalized spacial score (nSPS) is 14.7. The number of carbonyl (C=O) groups excluding carboxylic acids is 2. The fourth-order valence-electron chi connectivity index (χ4n) is 5.39. The highest BCUT2D eigenvalue weighted by atomic mass is 35.5. The number of amides is 1. The Hall–Kier alpha value is -4.52. The first-order valence-electron chi connectivity index (χ1n) is 15.7. The number of furan rings is 1. The summed E-state index contributed by atoms with van der Waals surface area (Å²) < 4.78 is 24.0. The number of ether oxygens (including phenoxy) is 3. The predicted molar refractivity (Wildman–Crippen MR) is 190 cm³/mol. The number of nitrogens with zero attached hydrogens (tertiary/aromatic N) is 3. The predicted octanol–water partition coefficient (Wildman–Crippen LogP) is 8.85. The Kier molecular flexibility index (Phi) is 10.5. The standard InChI is InChI=1S/C36H34ClN3O7S2/c1-5-45-27-17-21(13-14-25(27)46-16-15-20(2)3)30-29(31(41)28-18-22-10-8-12-26(44-4)33(22)47-28)32(42)34(43)40(30)35-38-39-36(49-35)48-19-23-9-6-7-11-24(23)37/h6-14,17-18,20,30,42H,5,15-16,19H2,1-4H3. The number of fused-ring (bicyclic) bond motifs is 1. The molecule has 0 radical (unpaired) electrons. The number of methoxy groups -OCH3 is 1. The molecule has 1 amide bonds. The van der Waals surface area contributed by atoms with E-state index in [1.54, 1.807) is 42.5 Å². The molecule has 6 rings (SSSR count). The Balaban J connectivity index is 1.40. The van der Waals surface area contributed by atoms with E-state index in [0.29, 0.717) is 68.0 Å². The van der Waals surface area contributed by atoms with E-state index >= 15 is 0 Å². The van der Waals surface area contributed by atoms with Gasteiger partial charge in [-0.2, -0.15) is 0 Å². The number of hydrogen-bond donors (Lipinski definition) is 1. The van der Waals surface area contributed by atoms with E-state index in [1.165, 1.54) is 35.1 Å². The van der Waals surface area contributed by atoms with Gasteiger partial charge in [0.1, 0.15) is 0 Å². The molecular weight excluding hydrogens is 686 g/mol. The minimum atomic E-state index is -1.09. The number of carbonyl (C=O) groups is 2. The van der Waals surface area contributed by atoms with Crippen LogP contribution in [0.3, 0.4) is 0 Å². The summed E-state index contributed by atoms with van der Waals surface area (Å²) in [6, 6.07) is 18.5. The van der Waals surface area contributed by atoms with Gasteiger partial charge in [0.2, 0.25) is 10.9 Å². The van der Waals surface area contributed by atoms with E-state index in [0.717, 1.165) is 12.0 Å². The zero-order valence-electron chi connectivity index (χ0n) is 27.3. The van der Waals surface area contributed by atoms with E-state index in [1.807, 2.05) is 31.2 Å². The van der Waals surface area contributed by atoms with Crippen molar-refractivity contribution in [2.24, 2.45) is 5.92 Å². The summed E-state index contributed by atoms with van der Waals surface area (Å²) in [5.74, 6) is 0.168. The van der Waals surface area contributed by atoms with Crippen molar-refractivity contribution in [3.8, 4) is 17.2 Å². The van der Waals surface area contributed by atoms with Crippen LogP contribution in [0.15, 0.2) is 86.8 Å². The van der Waals surface area contributed by atoms with Crippen LogP contribution in [0.2, 0.25) is 5.02 Å². The number of aromatic nitrogens is 2. The lowest BCUT2D eigenvalue weighted by Gasteiger charge is -2.25. The summed E-state index contributed by atoms with van der Waals surface area (Å²) in [6.07, 6.45) is 0.851. The monoisotopic (exact) mass is 719 g/mol. The van der Waals surface area contributed by atoms with Crippen molar-refractivity contribution < 1.29 is 33.3 Å². The van der Waals surface area contributed by atoms with Crippen LogP contribution in [0.5, 0.6) is 17.2 Å². The van der Waals surface area contributed by atoms with Gasteiger partial charge in [0.15, 0.2) is 38.7 Å². The van der Waals surface area contributed by atoms with Crippen LogP contribution >= 0.6 is 34.7 Å². The molecule has 3 aromatic carbocycles. The molecule has 49 heavy (non-hydrogen) atoms. The third-order valence-corrected chi connectivity index (χ3v) is 10.3. The number of hydrogen-bond acceptors (Lipinski definition) is 11. The Bertz CT molecular complexity index is 2040. The van der Waals surface area contributed by atoms with E-state index in [4.69, 9.17) is 30.2 Å². The lowest BCUT2D eigenvalue weighted by Crippen LogP contribution is -2.31. The molecule has 0 saturated carbocycles. The number of aliphatic hydroxyl groups is 1. The summed E-state index contributed by atoms with van der Waals surface area (Å²) in [6.45, 7) is 6.93.